The Bertz CT molecular complexity index is 808. The quantitative estimate of drug-likeness (QED) is 0.870. The van der Waals surface area contributed by atoms with Crippen LogP contribution >= 0.6 is 0 Å². The molecule has 0 amide bonds. The molecule has 2 aliphatic heterocycles. The van der Waals surface area contributed by atoms with Crippen molar-refractivity contribution >= 4 is 0 Å². The molecule has 2 heterocycles. The topological polar surface area (TPSA) is 30.0 Å². The van der Waals surface area contributed by atoms with Crippen molar-refractivity contribution in [3.05, 3.63) is 71.3 Å². The number of fused-ring (bicyclic) bond motifs is 1. The van der Waals surface area contributed by atoms with Gasteiger partial charge in [-0.1, -0.05) is 54.6 Å². The van der Waals surface area contributed by atoms with Gasteiger partial charge in [0.25, 0.3) is 0 Å². The van der Waals surface area contributed by atoms with E-state index in [1.165, 1.54) is 11.1 Å². The van der Waals surface area contributed by atoms with E-state index in [0.29, 0.717) is 6.04 Å². The first-order chi connectivity index (χ1) is 14.1. The Kier molecular flexibility index (Phi) is 5.21. The summed E-state index contributed by atoms with van der Waals surface area (Å²) in [5, 5.41) is 12.0. The lowest BCUT2D eigenvalue weighted by atomic mass is 9.78. The molecule has 0 saturated carbocycles. The highest BCUT2D eigenvalue weighted by molar-refractivity contribution is 5.34. The molecule has 3 aliphatic rings. The van der Waals surface area contributed by atoms with E-state index in [9.17, 15) is 5.11 Å². The number of likely N-dealkylation sites (N-methyl/N-ethyl adjacent to an activating group) is 1. The van der Waals surface area contributed by atoms with Gasteiger partial charge in [-0.3, -0.25) is 9.80 Å². The van der Waals surface area contributed by atoms with Crippen LogP contribution in [0.5, 0.6) is 0 Å². The third-order valence-electron chi connectivity index (χ3n) is 7.54. The van der Waals surface area contributed by atoms with Crippen LogP contribution in [0, 0.1) is 0 Å². The summed E-state index contributed by atoms with van der Waals surface area (Å²) in [5.41, 5.74) is 3.34. The third-order valence-corrected chi connectivity index (χ3v) is 7.54. The molecule has 4 heteroatoms. The monoisotopic (exact) mass is 391 g/mol. The van der Waals surface area contributed by atoms with Gasteiger partial charge in [0, 0.05) is 45.3 Å². The van der Waals surface area contributed by atoms with Crippen LogP contribution in [0.1, 0.15) is 23.1 Å². The summed E-state index contributed by atoms with van der Waals surface area (Å²) in [6.45, 7) is 6.15. The number of hydrogen-bond donors (Lipinski definition) is 1. The van der Waals surface area contributed by atoms with E-state index >= 15 is 0 Å². The van der Waals surface area contributed by atoms with Crippen LogP contribution in [0.2, 0.25) is 0 Å². The van der Waals surface area contributed by atoms with E-state index in [4.69, 9.17) is 0 Å². The third kappa shape index (κ3) is 3.64. The summed E-state index contributed by atoms with van der Waals surface area (Å²) in [6, 6.07) is 20.0. The van der Waals surface area contributed by atoms with Crippen molar-refractivity contribution in [2.45, 2.75) is 36.9 Å². The molecule has 0 radical (unpaired) electrons. The SMILES string of the molecule is CN1CCN([C@@H]2CN(C3Cc4ccccc4C3)CC[C@]2(O)c2ccccc2)CC1. The van der Waals surface area contributed by atoms with Crippen molar-refractivity contribution < 1.29 is 5.11 Å². The Balaban J connectivity index is 1.39. The minimum atomic E-state index is -0.765. The molecule has 2 atom stereocenters. The molecule has 1 aliphatic carbocycles. The fourth-order valence-corrected chi connectivity index (χ4v) is 5.69. The molecule has 2 fully saturated rings. The lowest BCUT2D eigenvalue weighted by Crippen LogP contribution is -2.64. The van der Waals surface area contributed by atoms with Gasteiger partial charge in [0.05, 0.1) is 6.04 Å². The van der Waals surface area contributed by atoms with Crippen molar-refractivity contribution in [3.63, 3.8) is 0 Å². The Labute approximate surface area is 174 Å². The molecule has 0 aromatic heterocycles. The number of hydrogen-bond acceptors (Lipinski definition) is 4. The van der Waals surface area contributed by atoms with Crippen LogP contribution in [-0.4, -0.2) is 78.2 Å². The average molecular weight is 392 g/mol. The number of nitrogens with zero attached hydrogens (tertiary/aromatic N) is 3. The van der Waals surface area contributed by atoms with Crippen molar-refractivity contribution in [2.75, 3.05) is 46.3 Å². The van der Waals surface area contributed by atoms with Crippen LogP contribution in [-0.2, 0) is 18.4 Å². The summed E-state index contributed by atoms with van der Waals surface area (Å²) in [5.74, 6) is 0. The summed E-state index contributed by atoms with van der Waals surface area (Å²) < 4.78 is 0. The number of piperazine rings is 1. The van der Waals surface area contributed by atoms with Crippen molar-refractivity contribution in [3.8, 4) is 0 Å². The minimum Gasteiger partial charge on any atom is -0.383 e. The molecule has 4 nitrogen and oxygen atoms in total. The maximum absolute atomic E-state index is 12.0. The zero-order valence-electron chi connectivity index (χ0n) is 17.5. The Morgan fingerprint density at radius 1 is 0.793 bits per heavy atom. The van der Waals surface area contributed by atoms with Crippen molar-refractivity contribution in [1.82, 2.24) is 14.7 Å². The number of rotatable bonds is 3. The van der Waals surface area contributed by atoms with E-state index in [2.05, 4.69) is 70.3 Å². The zero-order chi connectivity index (χ0) is 19.8. The maximum Gasteiger partial charge on any atom is 0.108 e. The fourth-order valence-electron chi connectivity index (χ4n) is 5.69. The van der Waals surface area contributed by atoms with Crippen LogP contribution in [0.25, 0.3) is 0 Å². The van der Waals surface area contributed by atoms with Crippen LogP contribution in [0.15, 0.2) is 54.6 Å². The predicted molar refractivity (Wildman–Crippen MR) is 117 cm³/mol. The summed E-state index contributed by atoms with van der Waals surface area (Å²) in [4.78, 5) is 7.62. The standard InChI is InChI=1S/C25H33N3O/c1-26-13-15-27(16-14-26)24-19-28(23-17-20-7-5-6-8-21(20)18-23)12-11-25(24,29)22-9-3-2-4-10-22/h2-10,23-24,29H,11-19H2,1H3/t24-,25+/m1/s1. The number of piperidine rings is 1. The Morgan fingerprint density at radius 2 is 1.41 bits per heavy atom. The molecule has 2 aromatic rings. The van der Waals surface area contributed by atoms with Gasteiger partial charge >= 0.3 is 0 Å². The second-order valence-electron chi connectivity index (χ2n) is 9.22. The second-order valence-corrected chi connectivity index (χ2v) is 9.22. The largest absolute Gasteiger partial charge is 0.383 e. The van der Waals surface area contributed by atoms with Gasteiger partial charge in [0.1, 0.15) is 5.60 Å². The maximum atomic E-state index is 12.0. The van der Waals surface area contributed by atoms with Crippen LogP contribution < -0.4 is 0 Å². The Hall–Kier alpha value is -1.72. The zero-order valence-corrected chi connectivity index (χ0v) is 17.5. The normalized spacial score (nSPS) is 29.8. The average Bonchev–Trinajstić information content (AvgIpc) is 3.20. The van der Waals surface area contributed by atoms with Crippen molar-refractivity contribution in [2.24, 2.45) is 0 Å². The molecular formula is C25H33N3O. The Morgan fingerprint density at radius 3 is 2.07 bits per heavy atom. The van der Waals surface area contributed by atoms with Gasteiger partial charge in [-0.25, -0.2) is 0 Å². The van der Waals surface area contributed by atoms with Crippen LogP contribution in [0.4, 0.5) is 0 Å². The van der Waals surface area contributed by atoms with Gasteiger partial charge in [0.15, 0.2) is 0 Å². The lowest BCUT2D eigenvalue weighted by molar-refractivity contribution is -0.113. The highest BCUT2D eigenvalue weighted by atomic mass is 16.3. The van der Waals surface area contributed by atoms with Crippen LogP contribution in [0.3, 0.4) is 0 Å². The van der Waals surface area contributed by atoms with E-state index in [0.717, 1.165) is 64.1 Å². The number of benzene rings is 2. The molecule has 154 valence electrons. The fraction of sp³-hybridized carbons (Fsp3) is 0.520. The molecular weight excluding hydrogens is 358 g/mol. The highest BCUT2D eigenvalue weighted by Crippen LogP contribution is 2.38. The molecule has 0 spiro atoms. The first kappa shape index (κ1) is 19.3. The molecule has 1 N–H and O–H groups in total. The van der Waals surface area contributed by atoms with Crippen molar-refractivity contribution in [1.29, 1.82) is 0 Å². The molecule has 5 rings (SSSR count). The molecule has 0 bridgehead atoms. The van der Waals surface area contributed by atoms with Gasteiger partial charge in [0.2, 0.25) is 0 Å². The number of aliphatic hydroxyl groups is 1. The first-order valence-corrected chi connectivity index (χ1v) is 11.1. The minimum absolute atomic E-state index is 0.149. The smallest absolute Gasteiger partial charge is 0.108 e. The van der Waals surface area contributed by atoms with Gasteiger partial charge in [-0.15, -0.1) is 0 Å². The van der Waals surface area contributed by atoms with Gasteiger partial charge in [-0.05, 0) is 43.0 Å². The number of likely N-dealkylation sites (tertiary alicyclic amines) is 1. The first-order valence-electron chi connectivity index (χ1n) is 11.1. The molecule has 2 saturated heterocycles. The highest BCUT2D eigenvalue weighted by Gasteiger charge is 2.47. The molecule has 29 heavy (non-hydrogen) atoms. The van der Waals surface area contributed by atoms with E-state index in [1.807, 2.05) is 6.07 Å². The predicted octanol–water partition coefficient (Wildman–Crippen LogP) is 2.36. The summed E-state index contributed by atoms with van der Waals surface area (Å²) >= 11 is 0. The van der Waals surface area contributed by atoms with E-state index < -0.39 is 5.60 Å². The summed E-state index contributed by atoms with van der Waals surface area (Å²) in [6.07, 6.45) is 3.10. The van der Waals surface area contributed by atoms with Gasteiger partial charge in [-0.2, -0.15) is 0 Å². The van der Waals surface area contributed by atoms with Gasteiger partial charge < -0.3 is 10.0 Å². The lowest BCUT2D eigenvalue weighted by Gasteiger charge is -2.52. The summed E-state index contributed by atoms with van der Waals surface area (Å²) in [7, 11) is 2.20. The van der Waals surface area contributed by atoms with E-state index in [-0.39, 0.29) is 6.04 Å². The second kappa shape index (κ2) is 7.84. The van der Waals surface area contributed by atoms with E-state index in [1.54, 1.807) is 0 Å². The molecule has 0 unspecified atom stereocenters. The molecule has 2 aromatic carbocycles.